The summed E-state index contributed by atoms with van der Waals surface area (Å²) >= 11 is 0. The SMILES string of the molecule is CC(C(=O)O)(C(=O)O)c1ccc(N)cc1. The Labute approximate surface area is 86.1 Å². The van der Waals surface area contributed by atoms with E-state index in [0.29, 0.717) is 5.69 Å². The Balaban J connectivity index is 3.28. The molecule has 1 aromatic carbocycles. The van der Waals surface area contributed by atoms with Gasteiger partial charge in [-0.2, -0.15) is 0 Å². The largest absolute Gasteiger partial charge is 0.480 e. The van der Waals surface area contributed by atoms with Gasteiger partial charge >= 0.3 is 11.9 Å². The van der Waals surface area contributed by atoms with E-state index in [1.807, 2.05) is 0 Å². The molecule has 1 rings (SSSR count). The average molecular weight is 209 g/mol. The van der Waals surface area contributed by atoms with E-state index in [1.165, 1.54) is 24.3 Å². The number of anilines is 1. The first kappa shape index (κ1) is 11.0. The molecule has 0 aromatic heterocycles. The number of rotatable bonds is 3. The third-order valence-electron chi connectivity index (χ3n) is 2.34. The lowest BCUT2D eigenvalue weighted by molar-refractivity contribution is -0.156. The minimum Gasteiger partial charge on any atom is -0.480 e. The smallest absolute Gasteiger partial charge is 0.325 e. The zero-order valence-corrected chi connectivity index (χ0v) is 8.10. The van der Waals surface area contributed by atoms with Crippen molar-refractivity contribution in [1.29, 1.82) is 0 Å². The lowest BCUT2D eigenvalue weighted by Gasteiger charge is -2.19. The number of benzene rings is 1. The van der Waals surface area contributed by atoms with E-state index < -0.39 is 17.4 Å². The molecule has 0 amide bonds. The van der Waals surface area contributed by atoms with Crippen molar-refractivity contribution in [2.24, 2.45) is 0 Å². The molecule has 0 aliphatic carbocycles. The summed E-state index contributed by atoms with van der Waals surface area (Å²) in [4.78, 5) is 21.9. The molecule has 0 saturated carbocycles. The second-order valence-corrected chi connectivity index (χ2v) is 3.36. The van der Waals surface area contributed by atoms with Crippen LogP contribution in [0.3, 0.4) is 0 Å². The molecule has 0 radical (unpaired) electrons. The highest BCUT2D eigenvalue weighted by atomic mass is 16.4. The summed E-state index contributed by atoms with van der Waals surface area (Å²) in [5.74, 6) is -2.81. The van der Waals surface area contributed by atoms with E-state index in [0.717, 1.165) is 6.92 Å². The molecule has 15 heavy (non-hydrogen) atoms. The highest BCUT2D eigenvalue weighted by molar-refractivity contribution is 6.04. The van der Waals surface area contributed by atoms with Crippen molar-refractivity contribution < 1.29 is 19.8 Å². The van der Waals surface area contributed by atoms with Crippen molar-refractivity contribution in [3.8, 4) is 0 Å². The van der Waals surface area contributed by atoms with Gasteiger partial charge in [0.15, 0.2) is 5.41 Å². The molecule has 80 valence electrons. The third-order valence-corrected chi connectivity index (χ3v) is 2.34. The van der Waals surface area contributed by atoms with Gasteiger partial charge in [-0.15, -0.1) is 0 Å². The van der Waals surface area contributed by atoms with Crippen LogP contribution in [0.15, 0.2) is 24.3 Å². The fourth-order valence-corrected chi connectivity index (χ4v) is 1.15. The Kier molecular flexibility index (Phi) is 2.65. The van der Waals surface area contributed by atoms with Gasteiger partial charge < -0.3 is 15.9 Å². The highest BCUT2D eigenvalue weighted by Gasteiger charge is 2.43. The fourth-order valence-electron chi connectivity index (χ4n) is 1.15. The second kappa shape index (κ2) is 3.61. The second-order valence-electron chi connectivity index (χ2n) is 3.36. The van der Waals surface area contributed by atoms with E-state index in [9.17, 15) is 9.59 Å². The summed E-state index contributed by atoms with van der Waals surface area (Å²) in [5.41, 5.74) is 4.14. The molecule has 5 nitrogen and oxygen atoms in total. The summed E-state index contributed by atoms with van der Waals surface area (Å²) in [7, 11) is 0. The van der Waals surface area contributed by atoms with Crippen molar-refractivity contribution >= 4 is 17.6 Å². The molecule has 5 heteroatoms. The van der Waals surface area contributed by atoms with Crippen LogP contribution in [0.4, 0.5) is 5.69 Å². The van der Waals surface area contributed by atoms with Crippen LogP contribution in [-0.4, -0.2) is 22.2 Å². The van der Waals surface area contributed by atoms with Gasteiger partial charge in [0.2, 0.25) is 0 Å². The Morgan fingerprint density at radius 2 is 1.53 bits per heavy atom. The van der Waals surface area contributed by atoms with Gasteiger partial charge in [0, 0.05) is 5.69 Å². The number of nitrogens with two attached hydrogens (primary N) is 1. The van der Waals surface area contributed by atoms with Crippen molar-refractivity contribution in [3.63, 3.8) is 0 Å². The van der Waals surface area contributed by atoms with E-state index in [4.69, 9.17) is 15.9 Å². The molecule has 0 bridgehead atoms. The van der Waals surface area contributed by atoms with Crippen molar-refractivity contribution in [2.75, 3.05) is 5.73 Å². The molecule has 0 aliphatic rings. The zero-order valence-electron chi connectivity index (χ0n) is 8.10. The third kappa shape index (κ3) is 1.76. The van der Waals surface area contributed by atoms with Crippen molar-refractivity contribution in [2.45, 2.75) is 12.3 Å². The van der Waals surface area contributed by atoms with Crippen LogP contribution in [-0.2, 0) is 15.0 Å². The molecular formula is C10H11NO4. The summed E-state index contributed by atoms with van der Waals surface area (Å²) < 4.78 is 0. The number of hydrogen-bond donors (Lipinski definition) is 3. The van der Waals surface area contributed by atoms with E-state index in [-0.39, 0.29) is 5.56 Å². The summed E-state index contributed by atoms with van der Waals surface area (Å²) in [6.45, 7) is 1.14. The predicted octanol–water partition coefficient (Wildman–Crippen LogP) is 0.696. The Bertz CT molecular complexity index is 382. The molecule has 1 aromatic rings. The first-order valence-corrected chi connectivity index (χ1v) is 4.22. The molecule has 0 atom stereocenters. The lowest BCUT2D eigenvalue weighted by atomic mass is 9.82. The first-order chi connectivity index (χ1) is 6.89. The number of nitrogen functional groups attached to an aromatic ring is 1. The van der Waals surface area contributed by atoms with Gasteiger partial charge in [-0.3, -0.25) is 9.59 Å². The maximum atomic E-state index is 10.9. The van der Waals surface area contributed by atoms with Crippen LogP contribution in [0.2, 0.25) is 0 Å². The Morgan fingerprint density at radius 3 is 1.87 bits per heavy atom. The highest BCUT2D eigenvalue weighted by Crippen LogP contribution is 2.25. The molecule has 0 aliphatic heterocycles. The Morgan fingerprint density at radius 1 is 1.13 bits per heavy atom. The minimum atomic E-state index is -1.94. The molecule has 0 unspecified atom stereocenters. The van der Waals surface area contributed by atoms with Gasteiger partial charge in [0.1, 0.15) is 0 Å². The predicted molar refractivity (Wildman–Crippen MR) is 53.5 cm³/mol. The van der Waals surface area contributed by atoms with Gasteiger partial charge in [-0.1, -0.05) is 12.1 Å². The maximum absolute atomic E-state index is 10.9. The fraction of sp³-hybridized carbons (Fsp3) is 0.200. The number of carbonyl (C=O) groups is 2. The number of carboxylic acids is 2. The minimum absolute atomic E-state index is 0.191. The summed E-state index contributed by atoms with van der Waals surface area (Å²) in [6.07, 6.45) is 0. The number of hydrogen-bond acceptors (Lipinski definition) is 3. The summed E-state index contributed by atoms with van der Waals surface area (Å²) in [6, 6.07) is 5.74. The van der Waals surface area contributed by atoms with E-state index in [1.54, 1.807) is 0 Å². The van der Waals surface area contributed by atoms with Crippen LogP contribution in [0.25, 0.3) is 0 Å². The topological polar surface area (TPSA) is 101 Å². The number of aliphatic carboxylic acids is 2. The Hall–Kier alpha value is -2.04. The van der Waals surface area contributed by atoms with Crippen LogP contribution >= 0.6 is 0 Å². The molecule has 4 N–H and O–H groups in total. The van der Waals surface area contributed by atoms with Crippen LogP contribution < -0.4 is 5.73 Å². The quantitative estimate of drug-likeness (QED) is 0.502. The monoisotopic (exact) mass is 209 g/mol. The number of carboxylic acid groups (broad SMARTS) is 2. The molecular weight excluding hydrogens is 198 g/mol. The molecule has 0 saturated heterocycles. The first-order valence-electron chi connectivity index (χ1n) is 4.22. The van der Waals surface area contributed by atoms with E-state index in [2.05, 4.69) is 0 Å². The van der Waals surface area contributed by atoms with Crippen LogP contribution in [0, 0.1) is 0 Å². The van der Waals surface area contributed by atoms with Crippen LogP contribution in [0.1, 0.15) is 12.5 Å². The van der Waals surface area contributed by atoms with Crippen molar-refractivity contribution in [3.05, 3.63) is 29.8 Å². The molecule has 0 spiro atoms. The molecule has 0 fully saturated rings. The van der Waals surface area contributed by atoms with Gasteiger partial charge in [0.25, 0.3) is 0 Å². The standard InChI is InChI=1S/C10H11NO4/c1-10(8(12)13,9(14)15)6-2-4-7(11)5-3-6/h2-5H,11H2,1H3,(H,12,13)(H,14,15). The maximum Gasteiger partial charge on any atom is 0.325 e. The van der Waals surface area contributed by atoms with Gasteiger partial charge in [-0.05, 0) is 24.6 Å². The normalized spacial score (nSPS) is 11.0. The lowest BCUT2D eigenvalue weighted by Crippen LogP contribution is -2.40. The van der Waals surface area contributed by atoms with Gasteiger partial charge in [-0.25, -0.2) is 0 Å². The van der Waals surface area contributed by atoms with Crippen molar-refractivity contribution in [1.82, 2.24) is 0 Å². The zero-order chi connectivity index (χ0) is 11.6. The van der Waals surface area contributed by atoms with Crippen LogP contribution in [0.5, 0.6) is 0 Å². The molecule has 0 heterocycles. The average Bonchev–Trinajstić information content (AvgIpc) is 2.17. The van der Waals surface area contributed by atoms with Gasteiger partial charge in [0.05, 0.1) is 0 Å². The van der Waals surface area contributed by atoms with E-state index >= 15 is 0 Å². The summed E-state index contributed by atoms with van der Waals surface area (Å²) in [5, 5.41) is 17.8.